The number of methoxy groups -OCH3 is 1. The van der Waals surface area contributed by atoms with Crippen LogP contribution in [0.5, 0.6) is 5.75 Å². The van der Waals surface area contributed by atoms with Gasteiger partial charge in [-0.15, -0.1) is 10.2 Å². The normalized spacial score (nSPS) is 14.4. The molecule has 6 rings (SSSR count). The minimum atomic E-state index is -0.979. The van der Waals surface area contributed by atoms with Gasteiger partial charge in [0, 0.05) is 44.7 Å². The number of allylic oxidation sites excluding steroid dienone is 1. The largest absolute Gasteiger partial charge is 0.496 e. The number of hydrogen-bond acceptors (Lipinski definition) is 11. The molecule has 3 heterocycles. The summed E-state index contributed by atoms with van der Waals surface area (Å²) < 4.78 is 14.6. The lowest BCUT2D eigenvalue weighted by molar-refractivity contribution is -0.384. The third kappa shape index (κ3) is 6.71. The number of carbonyl (C=O) groups is 1. The van der Waals surface area contributed by atoms with Crippen LogP contribution in [-0.4, -0.2) is 43.9 Å². The molecule has 0 N–H and O–H groups in total. The molecule has 256 valence electrons. The number of non-ortho nitro benzene ring substituents is 1. The number of benzene rings is 3. The Balaban J connectivity index is 1.52. The zero-order valence-electron chi connectivity index (χ0n) is 27.0. The van der Waals surface area contributed by atoms with E-state index in [1.807, 2.05) is 23.6 Å². The molecule has 1 atom stereocenters. The minimum Gasteiger partial charge on any atom is -0.496 e. The fraction of sp³-hybridized carbons (Fsp3) is 0.206. The Morgan fingerprint density at radius 1 is 1.10 bits per heavy atom. The Bertz CT molecular complexity index is 2390. The van der Waals surface area contributed by atoms with Gasteiger partial charge < -0.3 is 14.0 Å². The van der Waals surface area contributed by atoms with Crippen LogP contribution in [0.15, 0.2) is 91.8 Å². The molecule has 0 radical (unpaired) electrons. The molecular formula is C34H28Cl2N6O6S2. The van der Waals surface area contributed by atoms with E-state index in [0.717, 1.165) is 16.9 Å². The highest BCUT2D eigenvalue weighted by atomic mass is 35.5. The van der Waals surface area contributed by atoms with Gasteiger partial charge in [-0.2, -0.15) is 0 Å². The summed E-state index contributed by atoms with van der Waals surface area (Å²) in [4.78, 5) is 44.6. The van der Waals surface area contributed by atoms with Crippen molar-refractivity contribution in [2.75, 3.05) is 13.7 Å². The van der Waals surface area contributed by atoms with Crippen molar-refractivity contribution in [1.82, 2.24) is 19.3 Å². The number of rotatable bonds is 10. The number of aromatic nitrogens is 4. The highest BCUT2D eigenvalue weighted by molar-refractivity contribution is 7.99. The lowest BCUT2D eigenvalue weighted by Crippen LogP contribution is -2.40. The molecule has 0 fully saturated rings. The number of nitro groups is 1. The minimum absolute atomic E-state index is 0.110. The van der Waals surface area contributed by atoms with Crippen molar-refractivity contribution in [3.8, 4) is 17.1 Å². The van der Waals surface area contributed by atoms with E-state index in [1.54, 1.807) is 56.3 Å². The number of nitrogens with zero attached hydrogens (tertiary/aromatic N) is 6. The SMILES string of the molecule is CCOC(=O)C1=C(C)N=c2s/c(=C\c3cc([N+](=O)[O-])ccc3Sc3nnc(-c4cccc(Cl)c4)n3CC)c(=O)n2[C@@H]1c1cc(Cl)ccc1OC. The van der Waals surface area contributed by atoms with Crippen molar-refractivity contribution in [3.63, 3.8) is 0 Å². The van der Waals surface area contributed by atoms with E-state index in [4.69, 9.17) is 32.7 Å². The van der Waals surface area contributed by atoms with Crippen molar-refractivity contribution in [1.29, 1.82) is 0 Å². The number of nitro benzene ring substituents is 1. The number of carbonyl (C=O) groups excluding carboxylic acids is 1. The smallest absolute Gasteiger partial charge is 0.338 e. The molecule has 50 heavy (non-hydrogen) atoms. The van der Waals surface area contributed by atoms with E-state index in [9.17, 15) is 19.7 Å². The second-order valence-corrected chi connectivity index (χ2v) is 13.7. The van der Waals surface area contributed by atoms with Crippen molar-refractivity contribution >= 4 is 64.0 Å². The van der Waals surface area contributed by atoms with Crippen LogP contribution in [0.2, 0.25) is 10.0 Å². The Hall–Kier alpha value is -4.76. The third-order valence-corrected chi connectivity index (χ3v) is 10.3. The molecule has 0 aliphatic carbocycles. The van der Waals surface area contributed by atoms with Crippen LogP contribution in [0.1, 0.15) is 37.9 Å². The van der Waals surface area contributed by atoms with Gasteiger partial charge in [0.15, 0.2) is 15.8 Å². The summed E-state index contributed by atoms with van der Waals surface area (Å²) in [5, 5.41) is 22.1. The molecular weight excluding hydrogens is 723 g/mol. The number of fused-ring (bicyclic) bond motifs is 1. The summed E-state index contributed by atoms with van der Waals surface area (Å²) in [6, 6.07) is 15.6. The summed E-state index contributed by atoms with van der Waals surface area (Å²) in [5.74, 6) is 0.378. The zero-order chi connectivity index (χ0) is 35.7. The predicted octanol–water partition coefficient (Wildman–Crippen LogP) is 6.45. The average Bonchev–Trinajstić information content (AvgIpc) is 3.64. The van der Waals surface area contributed by atoms with E-state index in [0.29, 0.717) is 59.8 Å². The summed E-state index contributed by atoms with van der Waals surface area (Å²) in [6.07, 6.45) is 1.58. The standard InChI is InChI=1S/C34H28Cl2N6O6S2/c1-5-40-30(19-8-7-9-21(35)14-19)38-39-34(40)49-26-13-11-23(42(45)46)15-20(26)16-27-31(43)41-29(24-17-22(36)10-12-25(24)47-4)28(32(44)48-6-2)18(3)37-33(41)50-27/h7-17,29H,5-6H2,1-4H3/b27-16-/t29-/m1/s1. The van der Waals surface area contributed by atoms with Gasteiger partial charge in [-0.25, -0.2) is 9.79 Å². The van der Waals surface area contributed by atoms with Gasteiger partial charge in [-0.05, 0) is 80.6 Å². The van der Waals surface area contributed by atoms with E-state index >= 15 is 0 Å². The lowest BCUT2D eigenvalue weighted by Gasteiger charge is -2.26. The maximum atomic E-state index is 14.4. The maximum absolute atomic E-state index is 14.4. The molecule has 0 amide bonds. The molecule has 16 heteroatoms. The Kier molecular flexibility index (Phi) is 10.3. The molecule has 2 aromatic heterocycles. The first-order valence-corrected chi connectivity index (χ1v) is 17.6. The van der Waals surface area contributed by atoms with Gasteiger partial charge in [0.2, 0.25) is 0 Å². The van der Waals surface area contributed by atoms with Gasteiger partial charge >= 0.3 is 5.97 Å². The Morgan fingerprint density at radius 3 is 2.58 bits per heavy atom. The van der Waals surface area contributed by atoms with Crippen molar-refractivity contribution in [2.24, 2.45) is 4.99 Å². The number of halogens is 2. The van der Waals surface area contributed by atoms with Crippen molar-refractivity contribution in [3.05, 3.63) is 123 Å². The number of ether oxygens (including phenoxy) is 2. The van der Waals surface area contributed by atoms with Crippen LogP contribution in [0.3, 0.4) is 0 Å². The van der Waals surface area contributed by atoms with Crippen LogP contribution in [0.25, 0.3) is 17.5 Å². The first kappa shape index (κ1) is 35.1. The molecule has 0 saturated heterocycles. The van der Waals surface area contributed by atoms with Crippen LogP contribution < -0.4 is 19.6 Å². The molecule has 1 aliphatic rings. The maximum Gasteiger partial charge on any atom is 0.338 e. The fourth-order valence-corrected chi connectivity index (χ4v) is 7.97. The summed E-state index contributed by atoms with van der Waals surface area (Å²) >= 11 is 15.0. The highest BCUT2D eigenvalue weighted by Gasteiger charge is 2.35. The highest BCUT2D eigenvalue weighted by Crippen LogP contribution is 2.38. The van der Waals surface area contributed by atoms with Crippen LogP contribution in [-0.2, 0) is 16.1 Å². The average molecular weight is 752 g/mol. The monoisotopic (exact) mass is 750 g/mol. The number of thiazole rings is 1. The van der Waals surface area contributed by atoms with Gasteiger partial charge in [0.25, 0.3) is 11.2 Å². The Labute approximate surface area is 303 Å². The van der Waals surface area contributed by atoms with E-state index in [1.165, 1.54) is 35.6 Å². The molecule has 5 aromatic rings. The van der Waals surface area contributed by atoms with Crippen LogP contribution >= 0.6 is 46.3 Å². The summed E-state index contributed by atoms with van der Waals surface area (Å²) in [5.41, 5.74) is 1.54. The number of esters is 1. The summed E-state index contributed by atoms with van der Waals surface area (Å²) in [7, 11) is 1.48. The quantitative estimate of drug-likeness (QED) is 0.0894. The second kappa shape index (κ2) is 14.6. The van der Waals surface area contributed by atoms with E-state index in [-0.39, 0.29) is 22.4 Å². The second-order valence-electron chi connectivity index (χ2n) is 10.8. The molecule has 1 aliphatic heterocycles. The molecule has 0 spiro atoms. The molecule has 0 unspecified atom stereocenters. The first-order valence-electron chi connectivity index (χ1n) is 15.2. The first-order chi connectivity index (χ1) is 24.0. The topological polar surface area (TPSA) is 144 Å². The molecule has 0 saturated carbocycles. The lowest BCUT2D eigenvalue weighted by atomic mass is 9.95. The van der Waals surface area contributed by atoms with Gasteiger partial charge in [-0.1, -0.05) is 46.7 Å². The van der Waals surface area contributed by atoms with E-state index in [2.05, 4.69) is 15.2 Å². The molecule has 3 aromatic carbocycles. The van der Waals surface area contributed by atoms with Gasteiger partial charge in [0.1, 0.15) is 11.8 Å². The number of hydrogen-bond donors (Lipinski definition) is 0. The van der Waals surface area contributed by atoms with Crippen molar-refractivity contribution < 1.29 is 19.2 Å². The zero-order valence-corrected chi connectivity index (χ0v) is 30.2. The van der Waals surface area contributed by atoms with Crippen molar-refractivity contribution in [2.45, 2.75) is 43.4 Å². The van der Waals surface area contributed by atoms with Gasteiger partial charge in [-0.3, -0.25) is 19.5 Å². The van der Waals surface area contributed by atoms with E-state index < -0.39 is 22.5 Å². The predicted molar refractivity (Wildman–Crippen MR) is 192 cm³/mol. The third-order valence-electron chi connectivity index (χ3n) is 7.81. The van der Waals surface area contributed by atoms with Crippen LogP contribution in [0, 0.1) is 10.1 Å². The Morgan fingerprint density at radius 2 is 1.88 bits per heavy atom. The summed E-state index contributed by atoms with van der Waals surface area (Å²) in [6.45, 7) is 5.96. The van der Waals surface area contributed by atoms with Crippen LogP contribution in [0.4, 0.5) is 5.69 Å². The molecule has 12 nitrogen and oxygen atoms in total. The fourth-order valence-electron chi connectivity index (χ4n) is 5.59. The van der Waals surface area contributed by atoms with Gasteiger partial charge in [0.05, 0.1) is 34.4 Å². The molecule has 0 bridgehead atoms.